The molecule has 3 heterocycles. The number of nitrogens with one attached hydrogen (secondary N) is 4. The summed E-state index contributed by atoms with van der Waals surface area (Å²) in [6.07, 6.45) is 8.78. The van der Waals surface area contributed by atoms with Gasteiger partial charge in [-0.2, -0.15) is 0 Å². The Morgan fingerprint density at radius 2 is 1.23 bits per heavy atom. The lowest BCUT2D eigenvalue weighted by molar-refractivity contribution is 0.442. The monoisotopic (exact) mass is 626 g/mol. The summed E-state index contributed by atoms with van der Waals surface area (Å²) < 4.78 is 0. The van der Waals surface area contributed by atoms with Gasteiger partial charge in [-0.05, 0) is 100 Å². The molecule has 1 aromatic heterocycles. The third-order valence-corrected chi connectivity index (χ3v) is 9.15. The van der Waals surface area contributed by atoms with Gasteiger partial charge < -0.3 is 10.3 Å². The minimum absolute atomic E-state index is 0.0847. The van der Waals surface area contributed by atoms with Gasteiger partial charge in [0.05, 0.1) is 6.04 Å². The molecule has 0 saturated carbocycles. The van der Waals surface area contributed by atoms with E-state index < -0.39 is 0 Å². The summed E-state index contributed by atoms with van der Waals surface area (Å²) in [5.41, 5.74) is 11.4. The fraction of sp³-hybridized carbons (Fsp3) is 0.143. The smallest absolute Gasteiger partial charge is 0.137 e. The highest BCUT2D eigenvalue weighted by Crippen LogP contribution is 2.36. The average Bonchev–Trinajstić information content (AvgIpc) is 3.71. The van der Waals surface area contributed by atoms with Crippen LogP contribution >= 0.6 is 0 Å². The number of rotatable bonds is 7. The number of hydrogen-bond donors (Lipinski definition) is 4. The van der Waals surface area contributed by atoms with Crippen LogP contribution in [-0.4, -0.2) is 22.2 Å². The molecule has 4 unspecified atom stereocenters. The summed E-state index contributed by atoms with van der Waals surface area (Å²) in [7, 11) is 0. The van der Waals surface area contributed by atoms with E-state index in [4.69, 9.17) is 4.99 Å². The van der Waals surface area contributed by atoms with Gasteiger partial charge in [0.1, 0.15) is 18.2 Å². The molecule has 8 rings (SSSR count). The highest BCUT2D eigenvalue weighted by Gasteiger charge is 2.26. The molecule has 0 fully saturated rings. The summed E-state index contributed by atoms with van der Waals surface area (Å²) in [6.45, 7) is 2.21. The lowest BCUT2D eigenvalue weighted by Crippen LogP contribution is -2.39. The van der Waals surface area contributed by atoms with E-state index in [9.17, 15) is 0 Å². The number of nitrogens with zero attached hydrogens (tertiary/aromatic N) is 2. The number of aliphatic imine (C=N–C) groups is 1. The van der Waals surface area contributed by atoms with Crippen LogP contribution in [0.5, 0.6) is 0 Å². The Bertz CT molecular complexity index is 2050. The van der Waals surface area contributed by atoms with Crippen LogP contribution in [0.2, 0.25) is 0 Å². The Morgan fingerprint density at radius 3 is 1.90 bits per heavy atom. The van der Waals surface area contributed by atoms with Gasteiger partial charge in [-0.25, -0.2) is 4.98 Å². The zero-order chi connectivity index (χ0) is 32.3. The van der Waals surface area contributed by atoms with Gasteiger partial charge in [0.2, 0.25) is 0 Å². The maximum Gasteiger partial charge on any atom is 0.137 e. The molecular formula is C42H38N6. The molecule has 236 valence electrons. The van der Waals surface area contributed by atoms with E-state index in [1.807, 2.05) is 6.20 Å². The predicted octanol–water partition coefficient (Wildman–Crippen LogP) is 8.84. The second-order valence-electron chi connectivity index (χ2n) is 12.6. The van der Waals surface area contributed by atoms with Crippen LogP contribution in [0.1, 0.15) is 54.0 Å². The van der Waals surface area contributed by atoms with Crippen LogP contribution < -0.4 is 16.0 Å². The Hall–Kier alpha value is -5.56. The number of imidazole rings is 1. The first-order valence-electron chi connectivity index (χ1n) is 16.6. The fourth-order valence-electron chi connectivity index (χ4n) is 6.67. The molecule has 4 N–H and O–H groups in total. The minimum Gasteiger partial charge on any atom is -0.366 e. The number of aromatic nitrogens is 2. The largest absolute Gasteiger partial charge is 0.366 e. The van der Waals surface area contributed by atoms with Crippen molar-refractivity contribution in [3.8, 4) is 33.6 Å². The van der Waals surface area contributed by atoms with Gasteiger partial charge in [0.25, 0.3) is 0 Å². The standard InChI is InChI=1S/C42H38N6/c1-28-17-18-43-41(46-28)37-24-33(30-13-7-3-8-14-30)22-35(26-37)39-27-38(47-42(48-39)31-15-9-4-10-16-31)34-21-32(29-11-5-2-6-12-29)23-36(25-34)40-44-19-20-45-40/h2-16,18-28,38,41-42,46-48H,17H2,1H3,(H,44,45). The van der Waals surface area contributed by atoms with Gasteiger partial charge in [0.15, 0.2) is 0 Å². The number of hydrogen-bond acceptors (Lipinski definition) is 5. The van der Waals surface area contributed by atoms with Crippen LogP contribution in [0.3, 0.4) is 0 Å². The first-order chi connectivity index (χ1) is 23.7. The summed E-state index contributed by atoms with van der Waals surface area (Å²) in [5.74, 6) is 0.849. The van der Waals surface area contributed by atoms with E-state index in [-0.39, 0.29) is 18.4 Å². The first-order valence-corrected chi connectivity index (χ1v) is 16.6. The Balaban J connectivity index is 1.28. The molecule has 0 aliphatic carbocycles. The highest BCUT2D eigenvalue weighted by molar-refractivity contribution is 5.76. The second-order valence-corrected chi connectivity index (χ2v) is 12.6. The van der Waals surface area contributed by atoms with Gasteiger partial charge >= 0.3 is 0 Å². The van der Waals surface area contributed by atoms with Crippen LogP contribution in [-0.2, 0) is 0 Å². The van der Waals surface area contributed by atoms with Gasteiger partial charge in [-0.1, -0.05) is 91.0 Å². The number of H-pyrrole nitrogens is 1. The first kappa shape index (κ1) is 29.8. The molecule has 0 bridgehead atoms. The molecule has 6 nitrogen and oxygen atoms in total. The van der Waals surface area contributed by atoms with E-state index in [0.717, 1.165) is 45.8 Å². The summed E-state index contributed by atoms with van der Waals surface area (Å²) >= 11 is 0. The van der Waals surface area contributed by atoms with E-state index in [2.05, 4.69) is 173 Å². The normalized spacial score (nSPS) is 20.6. The van der Waals surface area contributed by atoms with Crippen molar-refractivity contribution in [2.75, 3.05) is 0 Å². The van der Waals surface area contributed by atoms with Crippen molar-refractivity contribution < 1.29 is 0 Å². The predicted molar refractivity (Wildman–Crippen MR) is 196 cm³/mol. The minimum atomic E-state index is -0.113. The number of benzene rings is 5. The Labute approximate surface area is 281 Å². The highest BCUT2D eigenvalue weighted by atomic mass is 15.2. The van der Waals surface area contributed by atoms with Crippen molar-refractivity contribution >= 4 is 11.9 Å². The van der Waals surface area contributed by atoms with Gasteiger partial charge in [-0.3, -0.25) is 15.6 Å². The maximum atomic E-state index is 4.87. The van der Waals surface area contributed by atoms with E-state index in [1.54, 1.807) is 6.20 Å². The summed E-state index contributed by atoms with van der Waals surface area (Å²) in [5, 5.41) is 11.5. The van der Waals surface area contributed by atoms with Crippen molar-refractivity contribution in [2.45, 2.75) is 37.8 Å². The molecule has 48 heavy (non-hydrogen) atoms. The van der Waals surface area contributed by atoms with E-state index in [1.165, 1.54) is 22.3 Å². The zero-order valence-electron chi connectivity index (χ0n) is 26.8. The zero-order valence-corrected chi connectivity index (χ0v) is 26.8. The topological polar surface area (TPSA) is 77.1 Å². The SMILES string of the molecule is CC1CC=NC(c2cc(C3=CC(c4cc(-c5ccccc5)cc(-c5ncc[nH]5)c4)NC(c4ccccc4)N3)cc(-c3ccccc3)c2)N1. The third kappa shape index (κ3) is 6.36. The van der Waals surface area contributed by atoms with Crippen molar-refractivity contribution in [3.63, 3.8) is 0 Å². The Kier molecular flexibility index (Phi) is 8.25. The van der Waals surface area contributed by atoms with Crippen molar-refractivity contribution in [2.24, 2.45) is 4.99 Å². The molecule has 6 heteroatoms. The molecule has 2 aliphatic rings. The molecule has 5 aromatic carbocycles. The molecule has 6 aromatic rings. The molecular weight excluding hydrogens is 589 g/mol. The van der Waals surface area contributed by atoms with E-state index in [0.29, 0.717) is 6.04 Å². The molecule has 2 aliphatic heterocycles. The third-order valence-electron chi connectivity index (χ3n) is 9.15. The van der Waals surface area contributed by atoms with E-state index >= 15 is 0 Å². The van der Waals surface area contributed by atoms with Crippen LogP contribution in [0.4, 0.5) is 0 Å². The van der Waals surface area contributed by atoms with Crippen LogP contribution in [0.25, 0.3) is 39.3 Å². The molecule has 0 spiro atoms. The molecule has 0 radical (unpaired) electrons. The Morgan fingerprint density at radius 1 is 0.604 bits per heavy atom. The average molecular weight is 627 g/mol. The van der Waals surface area contributed by atoms with Crippen molar-refractivity contribution in [1.82, 2.24) is 25.9 Å². The van der Waals surface area contributed by atoms with Crippen LogP contribution in [0.15, 0.2) is 151 Å². The van der Waals surface area contributed by atoms with Crippen molar-refractivity contribution in [1.29, 1.82) is 0 Å². The molecule has 4 atom stereocenters. The van der Waals surface area contributed by atoms with Gasteiger partial charge in [-0.15, -0.1) is 0 Å². The molecule has 0 amide bonds. The molecule has 0 saturated heterocycles. The summed E-state index contributed by atoms with van der Waals surface area (Å²) in [6, 6.07) is 45.7. The lowest BCUT2D eigenvalue weighted by Gasteiger charge is -2.34. The maximum absolute atomic E-state index is 4.87. The lowest BCUT2D eigenvalue weighted by atomic mass is 9.92. The number of aromatic amines is 1. The quantitative estimate of drug-likeness (QED) is 0.143. The fourth-order valence-corrected chi connectivity index (χ4v) is 6.67. The van der Waals surface area contributed by atoms with Crippen molar-refractivity contribution in [3.05, 3.63) is 168 Å². The van der Waals surface area contributed by atoms with Crippen LogP contribution in [0, 0.1) is 0 Å². The second kappa shape index (κ2) is 13.3. The van der Waals surface area contributed by atoms with Gasteiger partial charge in [0, 0.05) is 35.9 Å². The summed E-state index contributed by atoms with van der Waals surface area (Å²) in [4.78, 5) is 12.8.